The first-order chi connectivity index (χ1) is 11.5. The van der Waals surface area contributed by atoms with Gasteiger partial charge in [-0.05, 0) is 31.9 Å². The maximum Gasteiger partial charge on any atom is 0.260 e. The smallest absolute Gasteiger partial charge is 0.260 e. The van der Waals surface area contributed by atoms with Gasteiger partial charge in [-0.3, -0.25) is 9.78 Å². The lowest BCUT2D eigenvalue weighted by Crippen LogP contribution is -2.45. The zero-order chi connectivity index (χ0) is 17.3. The van der Waals surface area contributed by atoms with Gasteiger partial charge in [0.15, 0.2) is 6.61 Å². The maximum atomic E-state index is 12.4. The Morgan fingerprint density at radius 1 is 1.33 bits per heavy atom. The fourth-order valence-electron chi connectivity index (χ4n) is 3.18. The van der Waals surface area contributed by atoms with Gasteiger partial charge >= 0.3 is 0 Å². The average Bonchev–Trinajstić information content (AvgIpc) is 2.90. The molecule has 0 bridgehead atoms. The Balaban J connectivity index is 1.71. The summed E-state index contributed by atoms with van der Waals surface area (Å²) in [5, 5.41) is 20.4. The molecule has 0 unspecified atom stereocenters. The fraction of sp³-hybridized carbons (Fsp3) is 0.444. The van der Waals surface area contributed by atoms with Crippen LogP contribution in [-0.4, -0.2) is 57.9 Å². The molecule has 1 aromatic carbocycles. The minimum absolute atomic E-state index is 0.122. The molecule has 0 spiro atoms. The van der Waals surface area contributed by atoms with Gasteiger partial charge in [0.2, 0.25) is 0 Å². The highest BCUT2D eigenvalue weighted by atomic mass is 16.5. The first-order valence-electron chi connectivity index (χ1n) is 8.08. The van der Waals surface area contributed by atoms with E-state index in [0.29, 0.717) is 18.6 Å². The van der Waals surface area contributed by atoms with Gasteiger partial charge < -0.3 is 19.8 Å². The summed E-state index contributed by atoms with van der Waals surface area (Å²) in [5.74, 6) is 0.388. The first-order valence-corrected chi connectivity index (χ1v) is 8.08. The van der Waals surface area contributed by atoms with E-state index in [2.05, 4.69) is 4.98 Å². The predicted molar refractivity (Wildman–Crippen MR) is 89.8 cm³/mol. The molecule has 1 aromatic heterocycles. The number of aromatic nitrogens is 1. The standard InChI is InChI=1S/C18H22N2O4/c1-11-9-16(12-5-3-4-6-13(12)19-11)24-10-17(22)20(2)14-7-8-15(21)18(14)23/h3-6,9,14-15,18,21,23H,7-8,10H2,1-2H3/t14-,15-,18-/m1/s1. The predicted octanol–water partition coefficient (Wildman–Crippen LogP) is 1.26. The van der Waals surface area contributed by atoms with Gasteiger partial charge in [0, 0.05) is 24.2 Å². The molecule has 1 fully saturated rings. The Morgan fingerprint density at radius 3 is 2.79 bits per heavy atom. The second-order valence-corrected chi connectivity index (χ2v) is 6.27. The van der Waals surface area contributed by atoms with E-state index in [1.54, 1.807) is 7.05 Å². The molecular weight excluding hydrogens is 308 g/mol. The van der Waals surface area contributed by atoms with Crippen LogP contribution in [0.25, 0.3) is 10.9 Å². The Labute approximate surface area is 140 Å². The molecular formula is C18H22N2O4. The summed E-state index contributed by atoms with van der Waals surface area (Å²) in [5.41, 5.74) is 1.64. The molecule has 1 heterocycles. The number of carbonyl (C=O) groups excluding carboxylic acids is 1. The molecule has 1 amide bonds. The molecule has 6 heteroatoms. The summed E-state index contributed by atoms with van der Waals surface area (Å²) in [6.07, 6.45) is -0.582. The summed E-state index contributed by atoms with van der Waals surface area (Å²) in [7, 11) is 1.63. The van der Waals surface area contributed by atoms with E-state index in [9.17, 15) is 15.0 Å². The van der Waals surface area contributed by atoms with Gasteiger partial charge in [0.25, 0.3) is 5.91 Å². The quantitative estimate of drug-likeness (QED) is 0.882. The summed E-state index contributed by atoms with van der Waals surface area (Å²) in [4.78, 5) is 18.3. The largest absolute Gasteiger partial charge is 0.483 e. The van der Waals surface area contributed by atoms with Crippen molar-refractivity contribution in [2.45, 2.75) is 38.0 Å². The number of para-hydroxylation sites is 1. The highest BCUT2D eigenvalue weighted by Crippen LogP contribution is 2.26. The summed E-state index contributed by atoms with van der Waals surface area (Å²) in [6, 6.07) is 9.05. The van der Waals surface area contributed by atoms with Crippen LogP contribution in [0.4, 0.5) is 0 Å². The molecule has 128 valence electrons. The van der Waals surface area contributed by atoms with Crippen molar-refractivity contribution in [2.75, 3.05) is 13.7 Å². The number of pyridine rings is 1. The van der Waals surface area contributed by atoms with Gasteiger partial charge in [0.05, 0.1) is 17.7 Å². The minimum atomic E-state index is -0.900. The van der Waals surface area contributed by atoms with Crippen LogP contribution in [0.5, 0.6) is 5.75 Å². The third-order valence-electron chi connectivity index (χ3n) is 4.59. The van der Waals surface area contributed by atoms with Crippen LogP contribution in [0.15, 0.2) is 30.3 Å². The minimum Gasteiger partial charge on any atom is -0.483 e. The second-order valence-electron chi connectivity index (χ2n) is 6.27. The number of hydrogen-bond donors (Lipinski definition) is 2. The van der Waals surface area contributed by atoms with Crippen LogP contribution >= 0.6 is 0 Å². The summed E-state index contributed by atoms with van der Waals surface area (Å²) < 4.78 is 5.73. The van der Waals surface area contributed by atoms with Crippen LogP contribution in [0, 0.1) is 6.92 Å². The Hall–Kier alpha value is -2.18. The number of amides is 1. The van der Waals surface area contributed by atoms with Crippen molar-refractivity contribution < 1.29 is 19.7 Å². The monoisotopic (exact) mass is 330 g/mol. The Kier molecular flexibility index (Phi) is 4.69. The summed E-state index contributed by atoms with van der Waals surface area (Å²) >= 11 is 0. The van der Waals surface area contributed by atoms with E-state index in [1.165, 1.54) is 4.90 Å². The van der Waals surface area contributed by atoms with E-state index in [1.807, 2.05) is 37.3 Å². The molecule has 3 rings (SSSR count). The normalized spacial score (nSPS) is 23.4. The van der Waals surface area contributed by atoms with Gasteiger partial charge in [-0.25, -0.2) is 0 Å². The third-order valence-corrected chi connectivity index (χ3v) is 4.59. The van der Waals surface area contributed by atoms with Crippen molar-refractivity contribution in [2.24, 2.45) is 0 Å². The molecule has 2 aromatic rings. The van der Waals surface area contributed by atoms with E-state index < -0.39 is 12.2 Å². The van der Waals surface area contributed by atoms with Gasteiger partial charge in [-0.2, -0.15) is 0 Å². The van der Waals surface area contributed by atoms with Crippen LogP contribution in [-0.2, 0) is 4.79 Å². The van der Waals surface area contributed by atoms with Crippen LogP contribution in [0.3, 0.4) is 0 Å². The molecule has 1 aliphatic rings. The number of nitrogens with zero attached hydrogens (tertiary/aromatic N) is 2. The van der Waals surface area contributed by atoms with Gasteiger partial charge in [-0.1, -0.05) is 12.1 Å². The molecule has 0 saturated heterocycles. The van der Waals surface area contributed by atoms with E-state index in [0.717, 1.165) is 16.6 Å². The average molecular weight is 330 g/mol. The maximum absolute atomic E-state index is 12.4. The van der Waals surface area contributed by atoms with Crippen molar-refractivity contribution in [3.05, 3.63) is 36.0 Å². The Morgan fingerprint density at radius 2 is 2.08 bits per heavy atom. The van der Waals surface area contributed by atoms with Crippen molar-refractivity contribution >= 4 is 16.8 Å². The van der Waals surface area contributed by atoms with Gasteiger partial charge in [0.1, 0.15) is 11.9 Å². The number of rotatable bonds is 4. The van der Waals surface area contributed by atoms with Crippen LogP contribution < -0.4 is 4.74 Å². The number of ether oxygens (including phenoxy) is 1. The molecule has 1 saturated carbocycles. The molecule has 6 nitrogen and oxygen atoms in total. The van der Waals surface area contributed by atoms with Crippen LogP contribution in [0.1, 0.15) is 18.5 Å². The van der Waals surface area contributed by atoms with Crippen molar-refractivity contribution in [1.29, 1.82) is 0 Å². The highest BCUT2D eigenvalue weighted by Gasteiger charge is 2.37. The number of carbonyl (C=O) groups is 1. The SMILES string of the molecule is Cc1cc(OCC(=O)N(C)[C@@H]2CC[C@@H](O)[C@@H]2O)c2ccccc2n1. The van der Waals surface area contributed by atoms with Crippen molar-refractivity contribution in [1.82, 2.24) is 9.88 Å². The fourth-order valence-corrected chi connectivity index (χ4v) is 3.18. The second kappa shape index (κ2) is 6.75. The lowest BCUT2D eigenvalue weighted by Gasteiger charge is -2.27. The lowest BCUT2D eigenvalue weighted by molar-refractivity contribution is -0.136. The van der Waals surface area contributed by atoms with Crippen LogP contribution in [0.2, 0.25) is 0 Å². The topological polar surface area (TPSA) is 82.9 Å². The first kappa shape index (κ1) is 16.7. The van der Waals surface area contributed by atoms with Crippen molar-refractivity contribution in [3.8, 4) is 5.75 Å². The van der Waals surface area contributed by atoms with E-state index in [-0.39, 0.29) is 18.6 Å². The number of aliphatic hydroxyl groups is 2. The number of aryl methyl sites for hydroxylation is 1. The molecule has 0 radical (unpaired) electrons. The number of fused-ring (bicyclic) bond motifs is 1. The molecule has 2 N–H and O–H groups in total. The molecule has 1 aliphatic carbocycles. The highest BCUT2D eigenvalue weighted by molar-refractivity contribution is 5.86. The van der Waals surface area contributed by atoms with Crippen molar-refractivity contribution in [3.63, 3.8) is 0 Å². The number of likely N-dealkylation sites (N-methyl/N-ethyl adjacent to an activating group) is 1. The third kappa shape index (κ3) is 3.20. The molecule has 3 atom stereocenters. The Bertz CT molecular complexity index is 749. The molecule has 24 heavy (non-hydrogen) atoms. The van der Waals surface area contributed by atoms with E-state index >= 15 is 0 Å². The molecule has 0 aliphatic heterocycles. The number of hydrogen-bond acceptors (Lipinski definition) is 5. The zero-order valence-electron chi connectivity index (χ0n) is 13.8. The number of aliphatic hydroxyl groups excluding tert-OH is 2. The summed E-state index contributed by atoms with van der Waals surface area (Å²) in [6.45, 7) is 1.76. The zero-order valence-corrected chi connectivity index (χ0v) is 13.8. The lowest BCUT2D eigenvalue weighted by atomic mass is 10.1. The van der Waals surface area contributed by atoms with Gasteiger partial charge in [-0.15, -0.1) is 0 Å². The number of benzene rings is 1. The van der Waals surface area contributed by atoms with E-state index in [4.69, 9.17) is 4.74 Å².